The van der Waals surface area contributed by atoms with Crippen LogP contribution in [0, 0.1) is 5.82 Å². The van der Waals surface area contributed by atoms with E-state index in [1.54, 1.807) is 12.1 Å². The summed E-state index contributed by atoms with van der Waals surface area (Å²) in [4.78, 5) is 0. The minimum atomic E-state index is -0.567. The van der Waals surface area contributed by atoms with Crippen molar-refractivity contribution in [2.45, 2.75) is 10.8 Å². The van der Waals surface area contributed by atoms with E-state index >= 15 is 0 Å². The zero-order valence-corrected chi connectivity index (χ0v) is 51.5. The SMILES string of the molecule is Fc1ccc(-c2ccc3c(c2)C2(c4ccccc4-3)c3ccccc3-c3c2cc2c4c(cccc34)-c3ccc(-c4ccc(-c5ccc(-c6ccc7c(c6)C6(c8ccccc8-7)c7ccccc7-c7cc8c9ccccc9c9ccccc9c8cc76)c6ccccc56)cc4)cc3-2)cc1. The van der Waals surface area contributed by atoms with E-state index in [1.165, 1.54) is 199 Å². The molecule has 0 N–H and O–H groups in total. The first-order chi connectivity index (χ1) is 47.0. The summed E-state index contributed by atoms with van der Waals surface area (Å²) in [6.07, 6.45) is 0. The Bertz CT molecular complexity index is 6340. The molecule has 17 aromatic carbocycles. The number of halogens is 1. The first-order valence-corrected chi connectivity index (χ1v) is 33.2. The van der Waals surface area contributed by atoms with Crippen molar-refractivity contribution in [3.63, 3.8) is 0 Å². The average Bonchev–Trinajstić information content (AvgIpc) is 1.51. The van der Waals surface area contributed by atoms with Crippen LogP contribution in [0.15, 0.2) is 322 Å². The highest BCUT2D eigenvalue weighted by atomic mass is 19.1. The summed E-state index contributed by atoms with van der Waals surface area (Å²) >= 11 is 0. The highest BCUT2D eigenvalue weighted by Gasteiger charge is 2.54. The van der Waals surface area contributed by atoms with Gasteiger partial charge >= 0.3 is 0 Å². The Morgan fingerprint density at radius 3 is 1.16 bits per heavy atom. The molecule has 5 aliphatic carbocycles. The molecule has 0 aliphatic heterocycles. The van der Waals surface area contributed by atoms with Crippen molar-refractivity contribution in [1.29, 1.82) is 0 Å². The lowest BCUT2D eigenvalue weighted by atomic mass is 9.69. The Morgan fingerprint density at radius 1 is 0.168 bits per heavy atom. The predicted octanol–water partition coefficient (Wildman–Crippen LogP) is 24.6. The number of rotatable bonds is 4. The molecule has 2 atom stereocenters. The molecule has 0 nitrogen and oxygen atoms in total. The van der Waals surface area contributed by atoms with Gasteiger partial charge < -0.3 is 0 Å². The molecule has 0 bridgehead atoms. The van der Waals surface area contributed by atoms with Crippen LogP contribution in [0.1, 0.15) is 44.5 Å². The largest absolute Gasteiger partial charge is 0.207 e. The topological polar surface area (TPSA) is 0 Å². The van der Waals surface area contributed by atoms with Crippen molar-refractivity contribution in [2.75, 3.05) is 0 Å². The van der Waals surface area contributed by atoms with Gasteiger partial charge in [-0.1, -0.05) is 273 Å². The minimum absolute atomic E-state index is 0.231. The molecule has 0 aromatic heterocycles. The highest BCUT2D eigenvalue weighted by molar-refractivity contribution is 6.27. The van der Waals surface area contributed by atoms with Crippen molar-refractivity contribution in [2.24, 2.45) is 0 Å². The molecular weight excluding hydrogens is 1150 g/mol. The summed E-state index contributed by atoms with van der Waals surface area (Å²) in [5.74, 6) is -0.231. The fourth-order valence-electron chi connectivity index (χ4n) is 18.9. The van der Waals surface area contributed by atoms with Crippen LogP contribution in [0.25, 0.3) is 165 Å². The third-order valence-electron chi connectivity index (χ3n) is 22.7. The molecule has 5 aliphatic rings. The minimum Gasteiger partial charge on any atom is -0.207 e. The van der Waals surface area contributed by atoms with E-state index in [4.69, 9.17) is 0 Å². The first kappa shape index (κ1) is 51.6. The molecule has 17 aromatic rings. The van der Waals surface area contributed by atoms with Gasteiger partial charge in [-0.3, -0.25) is 0 Å². The average molecular weight is 1200 g/mol. The van der Waals surface area contributed by atoms with E-state index in [1.807, 2.05) is 12.1 Å². The second kappa shape index (κ2) is 18.6. The summed E-state index contributed by atoms with van der Waals surface area (Å²) in [5, 5.41) is 12.8. The normalized spacial score (nSPS) is 15.9. The van der Waals surface area contributed by atoms with Gasteiger partial charge in [-0.15, -0.1) is 0 Å². The lowest BCUT2D eigenvalue weighted by Crippen LogP contribution is -2.26. The summed E-state index contributed by atoms with van der Waals surface area (Å²) < 4.78 is 14.4. The van der Waals surface area contributed by atoms with Crippen LogP contribution < -0.4 is 0 Å². The molecule has 436 valence electrons. The van der Waals surface area contributed by atoms with Gasteiger partial charge in [-0.25, -0.2) is 4.39 Å². The number of hydrogen-bond acceptors (Lipinski definition) is 0. The third-order valence-corrected chi connectivity index (χ3v) is 22.7. The van der Waals surface area contributed by atoms with E-state index in [0.29, 0.717) is 0 Å². The van der Waals surface area contributed by atoms with Crippen molar-refractivity contribution in [3.8, 4) is 111 Å². The summed E-state index contributed by atoms with van der Waals surface area (Å²) in [5.41, 5.74) is 34.2. The maximum Gasteiger partial charge on any atom is 0.123 e. The maximum absolute atomic E-state index is 14.4. The van der Waals surface area contributed by atoms with Crippen LogP contribution in [-0.4, -0.2) is 0 Å². The lowest BCUT2D eigenvalue weighted by Gasteiger charge is -2.31. The molecule has 0 amide bonds. The van der Waals surface area contributed by atoms with Crippen molar-refractivity contribution < 1.29 is 4.39 Å². The molecule has 0 radical (unpaired) electrons. The second-order valence-corrected chi connectivity index (χ2v) is 26.9. The van der Waals surface area contributed by atoms with Crippen LogP contribution in [0.3, 0.4) is 0 Å². The molecule has 0 heterocycles. The van der Waals surface area contributed by atoms with Gasteiger partial charge in [0, 0.05) is 0 Å². The standard InChI is InChI=1S/C94H53F/c95-60-41-36-55(37-42-60)58-39-44-73-71-23-8-12-29-84(71)94(87(73)49-58)86-31-14-10-25-76(86)92-77-27-15-26-75-69-43-38-57(48-78(69)82(91(75)77)53-90(92)94)54-32-34-56(35-33-54)61-46-47-62(64-17-2-1-16-63(61)64)59-40-45-74-70-22-7-11-28-83(70)93(88(74)50-59)85-30-13-9-24-72(85)81-51-79-67-20-5-3-18-65(67)66-19-4-6-21-68(66)80(79)52-89(81)93/h1-53H. The van der Waals surface area contributed by atoms with Crippen LogP contribution in [-0.2, 0) is 10.8 Å². The zero-order valence-electron chi connectivity index (χ0n) is 51.5. The van der Waals surface area contributed by atoms with Gasteiger partial charge in [0.1, 0.15) is 5.82 Å². The smallest absolute Gasteiger partial charge is 0.123 e. The molecule has 95 heavy (non-hydrogen) atoms. The van der Waals surface area contributed by atoms with Gasteiger partial charge in [0.15, 0.2) is 0 Å². The monoisotopic (exact) mass is 1200 g/mol. The molecule has 2 spiro atoms. The Labute approximate surface area is 548 Å². The number of fused-ring (bicyclic) bond motifs is 31. The summed E-state index contributed by atoms with van der Waals surface area (Å²) in [6, 6.07) is 120. The van der Waals surface area contributed by atoms with Crippen LogP contribution in [0.2, 0.25) is 0 Å². The number of hydrogen-bond donors (Lipinski definition) is 0. The maximum atomic E-state index is 14.4. The molecule has 22 rings (SSSR count). The third kappa shape index (κ3) is 6.55. The van der Waals surface area contributed by atoms with E-state index < -0.39 is 10.8 Å². The Morgan fingerprint density at radius 2 is 0.547 bits per heavy atom. The Balaban J connectivity index is 0.658. The second-order valence-electron chi connectivity index (χ2n) is 26.9. The van der Waals surface area contributed by atoms with E-state index in [0.717, 1.165) is 11.1 Å². The van der Waals surface area contributed by atoms with E-state index in [2.05, 4.69) is 297 Å². The van der Waals surface area contributed by atoms with Crippen LogP contribution in [0.4, 0.5) is 4.39 Å². The van der Waals surface area contributed by atoms with Gasteiger partial charge in [0.05, 0.1) is 10.8 Å². The first-order valence-electron chi connectivity index (χ1n) is 33.2. The van der Waals surface area contributed by atoms with Crippen molar-refractivity contribution in [1.82, 2.24) is 0 Å². The van der Waals surface area contributed by atoms with Crippen LogP contribution in [0.5, 0.6) is 0 Å². The van der Waals surface area contributed by atoms with E-state index in [-0.39, 0.29) is 5.82 Å². The zero-order chi connectivity index (χ0) is 62.0. The number of benzene rings is 17. The Kier molecular flexibility index (Phi) is 10.1. The van der Waals surface area contributed by atoms with Gasteiger partial charge in [-0.05, 0) is 258 Å². The molecule has 1 heteroatoms. The Hall–Kier alpha value is -12.0. The van der Waals surface area contributed by atoms with Gasteiger partial charge in [0.2, 0.25) is 0 Å². The summed E-state index contributed by atoms with van der Waals surface area (Å²) in [6.45, 7) is 0. The molecular formula is C94H53F. The van der Waals surface area contributed by atoms with Crippen molar-refractivity contribution >= 4 is 53.9 Å². The summed E-state index contributed by atoms with van der Waals surface area (Å²) in [7, 11) is 0. The van der Waals surface area contributed by atoms with Crippen molar-refractivity contribution in [3.05, 3.63) is 372 Å². The van der Waals surface area contributed by atoms with Gasteiger partial charge in [0.25, 0.3) is 0 Å². The van der Waals surface area contributed by atoms with Gasteiger partial charge in [-0.2, -0.15) is 0 Å². The molecule has 2 unspecified atom stereocenters. The quantitative estimate of drug-likeness (QED) is 0.154. The molecule has 0 saturated carbocycles. The van der Waals surface area contributed by atoms with E-state index in [9.17, 15) is 4.39 Å². The predicted molar refractivity (Wildman–Crippen MR) is 393 cm³/mol. The highest BCUT2D eigenvalue weighted by Crippen LogP contribution is 2.68. The fraction of sp³-hybridized carbons (Fsp3) is 0.0213. The lowest BCUT2D eigenvalue weighted by molar-refractivity contribution is 0.628. The fourth-order valence-corrected chi connectivity index (χ4v) is 18.9. The van der Waals surface area contributed by atoms with Crippen LogP contribution >= 0.6 is 0 Å². The molecule has 0 fully saturated rings. The molecule has 0 saturated heterocycles.